The Morgan fingerprint density at radius 1 is 1.03 bits per heavy atom. The third-order valence-corrected chi connectivity index (χ3v) is 7.02. The smallest absolute Gasteiger partial charge is 0.368 e. The Bertz CT molecular complexity index is 1110. The molecule has 1 saturated heterocycles. The number of nitrogens with one attached hydrogen (secondary N) is 2. The highest BCUT2D eigenvalue weighted by Gasteiger charge is 2.31. The van der Waals surface area contributed by atoms with Crippen LogP contribution in [0, 0.1) is 6.92 Å². The number of amides is 2. The third kappa shape index (κ3) is 7.25. The second kappa shape index (κ2) is 12.0. The first-order valence-electron chi connectivity index (χ1n) is 11.5. The minimum atomic E-state index is -4.32. The number of nitrogens with zero attached hydrogens (tertiary/aromatic N) is 2. The van der Waals surface area contributed by atoms with E-state index in [-0.39, 0.29) is 18.4 Å². The van der Waals surface area contributed by atoms with E-state index in [0.717, 1.165) is 67.9 Å². The van der Waals surface area contributed by atoms with Gasteiger partial charge in [-0.2, -0.15) is 13.2 Å². The van der Waals surface area contributed by atoms with Crippen LogP contribution >= 0.6 is 23.7 Å². The first kappa shape index (κ1) is 27.1. The van der Waals surface area contributed by atoms with Gasteiger partial charge in [-0.05, 0) is 50.6 Å². The van der Waals surface area contributed by atoms with Gasteiger partial charge in [-0.15, -0.1) is 23.7 Å². The maximum Gasteiger partial charge on any atom is 0.416 e. The summed E-state index contributed by atoms with van der Waals surface area (Å²) >= 11 is 1.37. The summed E-state index contributed by atoms with van der Waals surface area (Å²) < 4.78 is 39.6. The lowest BCUT2D eigenvalue weighted by atomic mass is 10.1. The van der Waals surface area contributed by atoms with E-state index in [2.05, 4.69) is 20.4 Å². The quantitative estimate of drug-likeness (QED) is 0.351. The van der Waals surface area contributed by atoms with E-state index >= 15 is 0 Å². The Morgan fingerprint density at radius 3 is 2.43 bits per heavy atom. The molecule has 0 aliphatic carbocycles. The van der Waals surface area contributed by atoms with Gasteiger partial charge in [0.1, 0.15) is 0 Å². The minimum Gasteiger partial charge on any atom is -0.368 e. The number of benzene rings is 2. The molecule has 1 aliphatic heterocycles. The fourth-order valence-electron chi connectivity index (χ4n) is 4.12. The summed E-state index contributed by atoms with van der Waals surface area (Å²) in [4.78, 5) is 16.6. The van der Waals surface area contributed by atoms with Gasteiger partial charge in [-0.3, -0.25) is 4.90 Å². The topological polar surface area (TPSA) is 47.6 Å². The highest BCUT2D eigenvalue weighted by molar-refractivity contribution is 7.17. The zero-order valence-corrected chi connectivity index (χ0v) is 21.2. The van der Waals surface area contributed by atoms with Crippen LogP contribution in [0.4, 0.5) is 29.3 Å². The standard InChI is InChI=1S/C25H29F3N4OS.ClH/c1-18-4-7-20(8-5-18)30-24(33)29-10-2-3-11-31-12-14-32(15-13-31)22-17-34-23-16-19(25(26,27)28)6-9-21(22)23;/h4-9,16-17H,2-3,10-15H2,1H3,(H2,29,30,33);1H. The molecule has 0 atom stereocenters. The fourth-order valence-corrected chi connectivity index (χ4v) is 5.13. The molecule has 2 heterocycles. The lowest BCUT2D eigenvalue weighted by Gasteiger charge is -2.36. The van der Waals surface area contributed by atoms with E-state index in [0.29, 0.717) is 11.2 Å². The normalized spacial score (nSPS) is 14.6. The molecule has 0 saturated carbocycles. The fraction of sp³-hybridized carbons (Fsp3) is 0.400. The number of hydrogen-bond donors (Lipinski definition) is 2. The minimum absolute atomic E-state index is 0. The number of fused-ring (bicyclic) bond motifs is 1. The molecule has 0 radical (unpaired) electrons. The predicted molar refractivity (Wildman–Crippen MR) is 140 cm³/mol. The monoisotopic (exact) mass is 526 g/mol. The summed E-state index contributed by atoms with van der Waals surface area (Å²) in [5, 5.41) is 8.58. The summed E-state index contributed by atoms with van der Waals surface area (Å²) in [6, 6.07) is 11.5. The molecule has 2 N–H and O–H groups in total. The van der Waals surface area contributed by atoms with Crippen LogP contribution in [0.25, 0.3) is 10.1 Å². The molecule has 5 nitrogen and oxygen atoms in total. The molecule has 1 fully saturated rings. The number of rotatable bonds is 7. The van der Waals surface area contributed by atoms with Crippen molar-refractivity contribution in [3.05, 3.63) is 59.0 Å². The second-order valence-electron chi connectivity index (χ2n) is 8.61. The summed E-state index contributed by atoms with van der Waals surface area (Å²) in [5.74, 6) is 0. The summed E-state index contributed by atoms with van der Waals surface area (Å²) in [6.45, 7) is 7.13. The highest BCUT2D eigenvalue weighted by atomic mass is 35.5. The van der Waals surface area contributed by atoms with Crippen LogP contribution in [-0.2, 0) is 6.18 Å². The molecule has 3 aromatic rings. The Morgan fingerprint density at radius 2 is 1.74 bits per heavy atom. The molecule has 0 unspecified atom stereocenters. The number of hydrogen-bond acceptors (Lipinski definition) is 4. The first-order valence-corrected chi connectivity index (χ1v) is 12.3. The van der Waals surface area contributed by atoms with Gasteiger partial charge in [0.15, 0.2) is 0 Å². The average Bonchev–Trinajstić information content (AvgIpc) is 3.24. The van der Waals surface area contributed by atoms with Crippen molar-refractivity contribution in [1.82, 2.24) is 10.2 Å². The zero-order chi connectivity index (χ0) is 24.1. The lowest BCUT2D eigenvalue weighted by Crippen LogP contribution is -2.46. The zero-order valence-electron chi connectivity index (χ0n) is 19.5. The molecule has 1 aromatic heterocycles. The van der Waals surface area contributed by atoms with E-state index in [1.807, 2.05) is 36.6 Å². The molecule has 0 spiro atoms. The SMILES string of the molecule is Cc1ccc(NC(=O)NCCCCN2CCN(c3csc4cc(C(F)(F)F)ccc34)CC2)cc1.Cl. The van der Waals surface area contributed by atoms with Gasteiger partial charge in [-0.1, -0.05) is 23.8 Å². The van der Waals surface area contributed by atoms with Gasteiger partial charge in [-0.25, -0.2) is 4.79 Å². The van der Waals surface area contributed by atoms with Crippen LogP contribution in [0.1, 0.15) is 24.0 Å². The van der Waals surface area contributed by atoms with Crippen LogP contribution < -0.4 is 15.5 Å². The predicted octanol–water partition coefficient (Wildman–Crippen LogP) is 6.37. The van der Waals surface area contributed by atoms with Crippen molar-refractivity contribution in [3.8, 4) is 0 Å². The number of thiophene rings is 1. The molecule has 2 aromatic carbocycles. The van der Waals surface area contributed by atoms with E-state index in [9.17, 15) is 18.0 Å². The van der Waals surface area contributed by atoms with Crippen molar-refractivity contribution in [2.75, 3.05) is 49.5 Å². The molecule has 1 aliphatic rings. The second-order valence-corrected chi connectivity index (χ2v) is 9.52. The Kier molecular flexibility index (Phi) is 9.27. The van der Waals surface area contributed by atoms with E-state index in [4.69, 9.17) is 0 Å². The number of carbonyl (C=O) groups excluding carboxylic acids is 1. The Balaban J connectivity index is 0.00000342. The number of alkyl halides is 3. The number of urea groups is 1. The molecular formula is C25H30ClF3N4OS. The summed E-state index contributed by atoms with van der Waals surface area (Å²) in [5.41, 5.74) is 2.35. The Labute approximate surface area is 213 Å². The molecule has 0 bridgehead atoms. The number of halogens is 4. The number of unbranched alkanes of at least 4 members (excludes halogenated alkanes) is 1. The largest absolute Gasteiger partial charge is 0.416 e. The van der Waals surface area contributed by atoms with Crippen LogP contribution in [0.2, 0.25) is 0 Å². The molecule has 2 amide bonds. The number of carbonyl (C=O) groups is 1. The van der Waals surface area contributed by atoms with Crippen molar-refractivity contribution >= 4 is 51.2 Å². The number of piperazine rings is 1. The van der Waals surface area contributed by atoms with Crippen molar-refractivity contribution < 1.29 is 18.0 Å². The van der Waals surface area contributed by atoms with Crippen molar-refractivity contribution in [2.45, 2.75) is 25.9 Å². The van der Waals surface area contributed by atoms with Crippen LogP contribution in [0.3, 0.4) is 0 Å². The van der Waals surface area contributed by atoms with E-state index in [1.54, 1.807) is 6.07 Å². The summed E-state index contributed by atoms with van der Waals surface area (Å²) in [6.07, 6.45) is -2.42. The maximum atomic E-state index is 13.0. The summed E-state index contributed by atoms with van der Waals surface area (Å²) in [7, 11) is 0. The van der Waals surface area contributed by atoms with Crippen LogP contribution in [0.15, 0.2) is 47.8 Å². The van der Waals surface area contributed by atoms with Gasteiger partial charge in [0, 0.05) is 53.9 Å². The van der Waals surface area contributed by atoms with Crippen molar-refractivity contribution in [1.29, 1.82) is 0 Å². The molecular weight excluding hydrogens is 497 g/mol. The Hall–Kier alpha value is -2.49. The van der Waals surface area contributed by atoms with E-state index in [1.165, 1.54) is 23.5 Å². The molecule has 35 heavy (non-hydrogen) atoms. The number of aryl methyl sites for hydroxylation is 1. The van der Waals surface area contributed by atoms with Gasteiger partial charge in [0.05, 0.1) is 11.3 Å². The van der Waals surface area contributed by atoms with Crippen LogP contribution in [0.5, 0.6) is 0 Å². The third-order valence-electron chi connectivity index (χ3n) is 6.09. The lowest BCUT2D eigenvalue weighted by molar-refractivity contribution is -0.137. The van der Waals surface area contributed by atoms with Crippen molar-refractivity contribution in [3.63, 3.8) is 0 Å². The molecule has 10 heteroatoms. The molecule has 4 rings (SSSR count). The molecule has 190 valence electrons. The maximum absolute atomic E-state index is 13.0. The van der Waals surface area contributed by atoms with Gasteiger partial charge >= 0.3 is 12.2 Å². The highest BCUT2D eigenvalue weighted by Crippen LogP contribution is 2.38. The van der Waals surface area contributed by atoms with E-state index < -0.39 is 11.7 Å². The number of anilines is 2. The van der Waals surface area contributed by atoms with Gasteiger partial charge in [0.25, 0.3) is 0 Å². The van der Waals surface area contributed by atoms with Crippen LogP contribution in [-0.4, -0.2) is 50.2 Å². The first-order chi connectivity index (χ1) is 16.3. The van der Waals surface area contributed by atoms with Crippen molar-refractivity contribution in [2.24, 2.45) is 0 Å². The van der Waals surface area contributed by atoms with Gasteiger partial charge in [0.2, 0.25) is 0 Å². The average molecular weight is 527 g/mol. The van der Waals surface area contributed by atoms with Gasteiger partial charge < -0.3 is 15.5 Å².